The molecule has 0 aliphatic heterocycles. The summed E-state index contributed by atoms with van der Waals surface area (Å²) in [6.45, 7) is 0.486. The summed E-state index contributed by atoms with van der Waals surface area (Å²) in [5.41, 5.74) is 3.27. The van der Waals surface area contributed by atoms with Crippen LogP contribution in [-0.2, 0) is 6.61 Å². The Hall–Kier alpha value is -2.72. The Morgan fingerprint density at radius 2 is 1.72 bits per heavy atom. The van der Waals surface area contributed by atoms with Gasteiger partial charge in [0.15, 0.2) is 0 Å². The first-order valence-corrected chi connectivity index (χ1v) is 9.08. The lowest BCUT2D eigenvalue weighted by Crippen LogP contribution is -1.98. The summed E-state index contributed by atoms with van der Waals surface area (Å²) < 4.78 is 6.03. The molecule has 25 heavy (non-hydrogen) atoms. The predicted molar refractivity (Wildman–Crippen MR) is 101 cm³/mol. The van der Waals surface area contributed by atoms with Gasteiger partial charge in [-0.2, -0.15) is 0 Å². The highest BCUT2D eigenvalue weighted by Gasteiger charge is 2.10. The molecule has 0 saturated carbocycles. The molecule has 0 fully saturated rings. The molecular weight excluding hydrogens is 332 g/mol. The molecule has 1 N–H and O–H groups in total. The summed E-state index contributed by atoms with van der Waals surface area (Å²) >= 11 is 1.66. The molecule has 126 valence electrons. The lowest BCUT2D eigenvalue weighted by molar-refractivity contribution is 0.0697. The number of hydrogen-bond donors (Lipinski definition) is 1. The zero-order valence-electron chi connectivity index (χ0n) is 13.8. The second-order valence-corrected chi connectivity index (χ2v) is 6.40. The van der Waals surface area contributed by atoms with Gasteiger partial charge in [0, 0.05) is 10.5 Å². The maximum atomic E-state index is 11.0. The molecule has 3 nitrogen and oxygen atoms in total. The van der Waals surface area contributed by atoms with Crippen molar-refractivity contribution in [2.45, 2.75) is 11.5 Å². The van der Waals surface area contributed by atoms with Gasteiger partial charge in [-0.15, -0.1) is 11.8 Å². The smallest absolute Gasteiger partial charge is 0.335 e. The molecule has 3 aromatic rings. The number of carbonyl (C=O) groups is 1. The van der Waals surface area contributed by atoms with Gasteiger partial charge in [-0.3, -0.25) is 0 Å². The molecule has 0 amide bonds. The van der Waals surface area contributed by atoms with E-state index in [4.69, 9.17) is 9.84 Å². The zero-order valence-corrected chi connectivity index (χ0v) is 14.6. The predicted octanol–water partition coefficient (Wildman–Crippen LogP) is 5.35. The number of aromatic carboxylic acids is 1. The maximum absolute atomic E-state index is 11.0. The number of benzene rings is 3. The fourth-order valence-electron chi connectivity index (χ4n) is 2.52. The first-order valence-electron chi connectivity index (χ1n) is 7.86. The van der Waals surface area contributed by atoms with Gasteiger partial charge in [0.2, 0.25) is 0 Å². The Bertz CT molecular complexity index is 858. The van der Waals surface area contributed by atoms with E-state index in [1.807, 2.05) is 60.9 Å². The SMILES string of the molecule is CSc1ccc(OCc2ccccc2)c(-c2ccc(C(=O)O)cc2)c1. The van der Waals surface area contributed by atoms with Crippen LogP contribution in [0.3, 0.4) is 0 Å². The van der Waals surface area contributed by atoms with Gasteiger partial charge in [-0.25, -0.2) is 4.79 Å². The van der Waals surface area contributed by atoms with Crippen LogP contribution in [0.5, 0.6) is 5.75 Å². The second kappa shape index (κ2) is 7.90. The van der Waals surface area contributed by atoms with E-state index < -0.39 is 5.97 Å². The number of hydrogen-bond acceptors (Lipinski definition) is 3. The maximum Gasteiger partial charge on any atom is 0.335 e. The van der Waals surface area contributed by atoms with Gasteiger partial charge < -0.3 is 9.84 Å². The molecule has 0 saturated heterocycles. The first-order chi connectivity index (χ1) is 12.2. The highest BCUT2D eigenvalue weighted by Crippen LogP contribution is 2.34. The van der Waals surface area contributed by atoms with Crippen LogP contribution in [0.4, 0.5) is 0 Å². The van der Waals surface area contributed by atoms with Gasteiger partial charge in [0.05, 0.1) is 5.56 Å². The van der Waals surface area contributed by atoms with E-state index in [0.29, 0.717) is 6.61 Å². The van der Waals surface area contributed by atoms with Crippen LogP contribution in [0.25, 0.3) is 11.1 Å². The normalized spacial score (nSPS) is 10.4. The summed E-state index contributed by atoms with van der Waals surface area (Å²) in [6, 6.07) is 22.9. The van der Waals surface area contributed by atoms with E-state index in [2.05, 4.69) is 6.07 Å². The Morgan fingerprint density at radius 3 is 2.36 bits per heavy atom. The lowest BCUT2D eigenvalue weighted by atomic mass is 10.0. The monoisotopic (exact) mass is 350 g/mol. The van der Waals surface area contributed by atoms with E-state index in [1.165, 1.54) is 0 Å². The first kappa shape index (κ1) is 17.1. The average Bonchev–Trinajstić information content (AvgIpc) is 2.67. The summed E-state index contributed by atoms with van der Waals surface area (Å²) in [4.78, 5) is 12.2. The Morgan fingerprint density at radius 1 is 1.00 bits per heavy atom. The highest BCUT2D eigenvalue weighted by molar-refractivity contribution is 7.98. The van der Waals surface area contributed by atoms with Crippen LogP contribution in [0, 0.1) is 0 Å². The fraction of sp³-hybridized carbons (Fsp3) is 0.0952. The van der Waals surface area contributed by atoms with Gasteiger partial charge >= 0.3 is 5.97 Å². The van der Waals surface area contributed by atoms with Crippen molar-refractivity contribution < 1.29 is 14.6 Å². The van der Waals surface area contributed by atoms with Crippen molar-refractivity contribution in [3.05, 3.63) is 83.9 Å². The molecule has 0 atom stereocenters. The van der Waals surface area contributed by atoms with Crippen LogP contribution < -0.4 is 4.74 Å². The summed E-state index contributed by atoms with van der Waals surface area (Å²) in [5, 5.41) is 9.07. The number of carboxylic acid groups (broad SMARTS) is 1. The quantitative estimate of drug-likeness (QED) is 0.609. The van der Waals surface area contributed by atoms with Crippen molar-refractivity contribution in [3.63, 3.8) is 0 Å². The van der Waals surface area contributed by atoms with Gasteiger partial charge in [0.1, 0.15) is 12.4 Å². The number of ether oxygens (including phenoxy) is 1. The van der Waals surface area contributed by atoms with Crippen molar-refractivity contribution in [1.82, 2.24) is 0 Å². The van der Waals surface area contributed by atoms with Crippen molar-refractivity contribution in [1.29, 1.82) is 0 Å². The standard InChI is InChI=1S/C21H18O3S/c1-25-18-11-12-20(24-14-15-5-3-2-4-6-15)19(13-18)16-7-9-17(10-8-16)21(22)23/h2-13H,14H2,1H3,(H,22,23). The molecule has 0 bridgehead atoms. The second-order valence-electron chi connectivity index (χ2n) is 5.52. The zero-order chi connectivity index (χ0) is 17.6. The van der Waals surface area contributed by atoms with E-state index >= 15 is 0 Å². The average molecular weight is 350 g/mol. The van der Waals surface area contributed by atoms with Crippen molar-refractivity contribution in [3.8, 4) is 16.9 Å². The Kier molecular flexibility index (Phi) is 5.41. The van der Waals surface area contributed by atoms with Crippen LogP contribution in [0.15, 0.2) is 77.7 Å². The van der Waals surface area contributed by atoms with Gasteiger partial charge in [-0.1, -0.05) is 42.5 Å². The lowest BCUT2D eigenvalue weighted by Gasteiger charge is -2.13. The molecule has 3 aromatic carbocycles. The molecule has 0 heterocycles. The Balaban J connectivity index is 1.91. The van der Waals surface area contributed by atoms with E-state index in [9.17, 15) is 4.79 Å². The molecule has 0 aliphatic carbocycles. The molecule has 0 unspecified atom stereocenters. The van der Waals surface area contributed by atoms with Gasteiger partial charge in [0.25, 0.3) is 0 Å². The minimum absolute atomic E-state index is 0.275. The third-order valence-corrected chi connectivity index (χ3v) is 4.59. The molecule has 0 radical (unpaired) electrons. The van der Waals surface area contributed by atoms with Crippen LogP contribution in [-0.4, -0.2) is 17.3 Å². The van der Waals surface area contributed by atoms with Crippen molar-refractivity contribution in [2.75, 3.05) is 6.26 Å². The van der Waals surface area contributed by atoms with E-state index in [0.717, 1.165) is 27.3 Å². The number of thioether (sulfide) groups is 1. The molecular formula is C21H18O3S. The molecule has 4 heteroatoms. The highest BCUT2D eigenvalue weighted by atomic mass is 32.2. The van der Waals surface area contributed by atoms with Crippen LogP contribution >= 0.6 is 11.8 Å². The summed E-state index contributed by atoms with van der Waals surface area (Å²) in [5.74, 6) is -0.144. The number of rotatable bonds is 6. The summed E-state index contributed by atoms with van der Waals surface area (Å²) in [7, 11) is 0. The third-order valence-electron chi connectivity index (χ3n) is 3.87. The molecule has 0 aromatic heterocycles. The molecule has 0 spiro atoms. The van der Waals surface area contributed by atoms with Crippen LogP contribution in [0.2, 0.25) is 0 Å². The third kappa shape index (κ3) is 4.22. The minimum Gasteiger partial charge on any atom is -0.488 e. The van der Waals surface area contributed by atoms with Crippen molar-refractivity contribution in [2.24, 2.45) is 0 Å². The van der Waals surface area contributed by atoms with Crippen molar-refractivity contribution >= 4 is 17.7 Å². The largest absolute Gasteiger partial charge is 0.488 e. The Labute approximate surface area is 151 Å². The van der Waals surface area contributed by atoms with E-state index in [1.54, 1.807) is 23.9 Å². The van der Waals surface area contributed by atoms with E-state index in [-0.39, 0.29) is 5.56 Å². The molecule has 0 aliphatic rings. The fourth-order valence-corrected chi connectivity index (χ4v) is 2.96. The van der Waals surface area contributed by atoms with Crippen LogP contribution in [0.1, 0.15) is 15.9 Å². The van der Waals surface area contributed by atoms with Gasteiger partial charge in [-0.05, 0) is 47.7 Å². The molecule has 3 rings (SSSR count). The topological polar surface area (TPSA) is 46.5 Å². The summed E-state index contributed by atoms with van der Waals surface area (Å²) in [6.07, 6.45) is 2.02. The minimum atomic E-state index is -0.926. The number of carboxylic acids is 1.